The first-order chi connectivity index (χ1) is 16.2. The summed E-state index contributed by atoms with van der Waals surface area (Å²) in [5.41, 5.74) is 8.55. The number of nitrogens with two attached hydrogens (primary N) is 1. The van der Waals surface area contributed by atoms with E-state index in [2.05, 4.69) is 9.89 Å². The van der Waals surface area contributed by atoms with Crippen molar-refractivity contribution in [2.24, 2.45) is 10.7 Å². The van der Waals surface area contributed by atoms with Crippen LogP contribution in [0, 0.1) is 0 Å². The van der Waals surface area contributed by atoms with Gasteiger partial charge in [-0.05, 0) is 62.8 Å². The van der Waals surface area contributed by atoms with E-state index in [-0.39, 0.29) is 29.5 Å². The first-order valence-corrected chi connectivity index (χ1v) is 12.8. The van der Waals surface area contributed by atoms with E-state index in [4.69, 9.17) is 5.73 Å². The van der Waals surface area contributed by atoms with Crippen molar-refractivity contribution in [1.82, 2.24) is 14.1 Å². The molecule has 0 saturated carbocycles. The second-order valence-electron chi connectivity index (χ2n) is 9.00. The third-order valence-electron chi connectivity index (χ3n) is 6.26. The lowest BCUT2D eigenvalue weighted by Gasteiger charge is -2.26. The van der Waals surface area contributed by atoms with Crippen LogP contribution in [0.15, 0.2) is 58.4 Å². The fraction of sp³-hybridized carbons (Fsp3) is 0.417. The summed E-state index contributed by atoms with van der Waals surface area (Å²) < 4.78 is 28.0. The molecule has 2 heterocycles. The van der Waals surface area contributed by atoms with Crippen molar-refractivity contribution in [3.05, 3.63) is 59.7 Å². The minimum Gasteiger partial charge on any atom is -0.369 e. The van der Waals surface area contributed by atoms with Gasteiger partial charge in [0.1, 0.15) is 0 Å². The second-order valence-corrected chi connectivity index (χ2v) is 10.9. The molecule has 1 atom stereocenters. The number of benzene rings is 2. The van der Waals surface area contributed by atoms with Gasteiger partial charge in [0.2, 0.25) is 5.96 Å². The van der Waals surface area contributed by atoms with Gasteiger partial charge in [-0.3, -0.25) is 4.90 Å². The van der Waals surface area contributed by atoms with Gasteiger partial charge in [-0.1, -0.05) is 30.3 Å². The van der Waals surface area contributed by atoms with Crippen molar-refractivity contribution < 1.29 is 13.2 Å². The zero-order valence-electron chi connectivity index (χ0n) is 19.9. The van der Waals surface area contributed by atoms with Gasteiger partial charge in [-0.25, -0.2) is 22.5 Å². The number of fused-ring (bicyclic) bond motifs is 1. The molecule has 2 aromatic carbocycles. The minimum absolute atomic E-state index is 0.00879. The van der Waals surface area contributed by atoms with E-state index < -0.39 is 10.0 Å². The average Bonchev–Trinajstić information content (AvgIpc) is 3.42. The zero-order chi connectivity index (χ0) is 24.5. The summed E-state index contributed by atoms with van der Waals surface area (Å²) in [6, 6.07) is 14.0. The van der Waals surface area contributed by atoms with Crippen LogP contribution in [0.2, 0.25) is 0 Å². The highest BCUT2D eigenvalue weighted by molar-refractivity contribution is 7.89. The molecule has 0 radical (unpaired) electrons. The van der Waals surface area contributed by atoms with Crippen molar-refractivity contribution in [2.75, 3.05) is 52.2 Å². The third-order valence-corrected chi connectivity index (χ3v) is 8.02. The summed E-state index contributed by atoms with van der Waals surface area (Å²) >= 11 is 0. The molecule has 10 heteroatoms. The van der Waals surface area contributed by atoms with Gasteiger partial charge in [0.05, 0.1) is 17.5 Å². The van der Waals surface area contributed by atoms with Crippen LogP contribution in [0.3, 0.4) is 0 Å². The lowest BCUT2D eigenvalue weighted by Crippen LogP contribution is -2.41. The quantitative estimate of drug-likeness (QED) is 0.649. The number of guanidine groups is 1. The molecular weight excluding hydrogens is 452 g/mol. The van der Waals surface area contributed by atoms with E-state index in [1.807, 2.05) is 44.4 Å². The van der Waals surface area contributed by atoms with E-state index >= 15 is 0 Å². The fourth-order valence-electron chi connectivity index (χ4n) is 4.38. The Balaban J connectivity index is 1.49. The summed E-state index contributed by atoms with van der Waals surface area (Å²) in [5, 5.41) is 0. The number of urea groups is 1. The van der Waals surface area contributed by atoms with Crippen LogP contribution in [0.1, 0.15) is 23.6 Å². The van der Waals surface area contributed by atoms with Gasteiger partial charge in [0.25, 0.3) is 10.0 Å². The molecular formula is C24H32N6O3S. The Morgan fingerprint density at radius 2 is 1.85 bits per heavy atom. The van der Waals surface area contributed by atoms with E-state index in [9.17, 15) is 13.2 Å². The maximum atomic E-state index is 13.4. The number of aliphatic imine (C=N–C) groups is 1. The Hall–Kier alpha value is -3.11. The number of amides is 2. The monoisotopic (exact) mass is 484 g/mol. The number of nitrogens with zero attached hydrogens (tertiary/aromatic N) is 5. The summed E-state index contributed by atoms with van der Waals surface area (Å²) in [6.45, 7) is 2.26. The number of carbonyl (C=O) groups excluding carboxylic acids is 1. The van der Waals surface area contributed by atoms with Crippen LogP contribution in [0.4, 0.5) is 10.5 Å². The molecule has 2 aliphatic heterocycles. The largest absolute Gasteiger partial charge is 0.369 e. The van der Waals surface area contributed by atoms with Crippen molar-refractivity contribution in [1.29, 1.82) is 0 Å². The predicted molar refractivity (Wildman–Crippen MR) is 133 cm³/mol. The summed E-state index contributed by atoms with van der Waals surface area (Å²) in [7, 11) is 1.95. The van der Waals surface area contributed by atoms with Crippen LogP contribution in [-0.4, -0.2) is 81.8 Å². The molecule has 0 bridgehead atoms. The minimum atomic E-state index is -3.87. The molecule has 4 rings (SSSR count). The number of sulfonamides is 1. The van der Waals surface area contributed by atoms with E-state index in [1.165, 1.54) is 4.31 Å². The fourth-order valence-corrected chi connectivity index (χ4v) is 5.80. The molecule has 0 fully saturated rings. The van der Waals surface area contributed by atoms with Gasteiger partial charge in [0.15, 0.2) is 0 Å². The normalized spacial score (nSPS) is 17.8. The topological polar surface area (TPSA) is 103 Å². The van der Waals surface area contributed by atoms with Crippen LogP contribution in [0.25, 0.3) is 0 Å². The standard InChI is InChI=1S/C24H32N6O3S/c1-27(2)13-7-14-28(3)24(31)29-15-12-19-16-20(10-11-22(19)29)34(32,33)30-17-21(26-23(30)25)18-8-5-4-6-9-18/h4-6,8-11,16,21H,7,12-15,17H2,1-3H3,(H2,25,26). The summed E-state index contributed by atoms with van der Waals surface area (Å²) in [4.78, 5) is 23.0. The van der Waals surface area contributed by atoms with Gasteiger partial charge in [0, 0.05) is 25.8 Å². The molecule has 0 spiro atoms. The highest BCUT2D eigenvalue weighted by Crippen LogP contribution is 2.33. The molecule has 0 aliphatic carbocycles. The van der Waals surface area contributed by atoms with E-state index in [0.29, 0.717) is 19.5 Å². The van der Waals surface area contributed by atoms with Crippen LogP contribution < -0.4 is 10.6 Å². The predicted octanol–water partition coefficient (Wildman–Crippen LogP) is 2.11. The first kappa shape index (κ1) is 24.0. The Bertz CT molecular complexity index is 1180. The molecule has 2 amide bonds. The second kappa shape index (κ2) is 9.63. The van der Waals surface area contributed by atoms with Crippen molar-refractivity contribution >= 4 is 27.7 Å². The molecule has 1 unspecified atom stereocenters. The lowest BCUT2D eigenvalue weighted by atomic mass is 10.1. The van der Waals surface area contributed by atoms with Crippen LogP contribution in [0.5, 0.6) is 0 Å². The Labute approximate surface area is 201 Å². The highest BCUT2D eigenvalue weighted by atomic mass is 32.2. The molecule has 2 aliphatic rings. The van der Waals surface area contributed by atoms with Gasteiger partial charge >= 0.3 is 6.03 Å². The lowest BCUT2D eigenvalue weighted by molar-refractivity contribution is 0.213. The third kappa shape index (κ3) is 4.74. The number of hydrogen-bond donors (Lipinski definition) is 1. The smallest absolute Gasteiger partial charge is 0.324 e. The zero-order valence-corrected chi connectivity index (χ0v) is 20.7. The van der Waals surface area contributed by atoms with Crippen molar-refractivity contribution in [2.45, 2.75) is 23.8 Å². The van der Waals surface area contributed by atoms with E-state index in [0.717, 1.165) is 29.8 Å². The number of carbonyl (C=O) groups is 1. The number of anilines is 1. The Morgan fingerprint density at radius 1 is 1.12 bits per heavy atom. The van der Waals surface area contributed by atoms with Gasteiger partial charge in [-0.2, -0.15) is 0 Å². The van der Waals surface area contributed by atoms with Gasteiger partial charge < -0.3 is 15.5 Å². The molecule has 2 aromatic rings. The van der Waals surface area contributed by atoms with Gasteiger partial charge in [-0.15, -0.1) is 0 Å². The maximum Gasteiger partial charge on any atom is 0.324 e. The molecule has 2 N–H and O–H groups in total. The summed E-state index contributed by atoms with van der Waals surface area (Å²) in [5.74, 6) is -0.00879. The molecule has 0 aromatic heterocycles. The van der Waals surface area contributed by atoms with Crippen molar-refractivity contribution in [3.63, 3.8) is 0 Å². The Kier molecular flexibility index (Phi) is 6.81. The molecule has 182 valence electrons. The molecule has 9 nitrogen and oxygen atoms in total. The Morgan fingerprint density at radius 3 is 2.56 bits per heavy atom. The average molecular weight is 485 g/mol. The van der Waals surface area contributed by atoms with Crippen molar-refractivity contribution in [3.8, 4) is 0 Å². The maximum absolute atomic E-state index is 13.4. The molecule has 0 saturated heterocycles. The number of rotatable bonds is 7. The van der Waals surface area contributed by atoms with Crippen LogP contribution in [-0.2, 0) is 16.4 Å². The summed E-state index contributed by atoms with van der Waals surface area (Å²) in [6.07, 6.45) is 1.49. The molecule has 34 heavy (non-hydrogen) atoms. The SMILES string of the molecule is CN(C)CCCN(C)C(=O)N1CCc2cc(S(=O)(=O)N3CC(c4ccccc4)N=C3N)ccc21. The highest BCUT2D eigenvalue weighted by Gasteiger charge is 2.36. The first-order valence-electron chi connectivity index (χ1n) is 11.4. The van der Waals surface area contributed by atoms with Crippen LogP contribution >= 0.6 is 0 Å². The van der Waals surface area contributed by atoms with E-state index in [1.54, 1.807) is 35.0 Å². The number of hydrogen-bond acceptors (Lipinski definition) is 6.